The largest absolute Gasteiger partial charge is 0.421 e. The van der Waals surface area contributed by atoms with Gasteiger partial charge in [-0.3, -0.25) is 9.32 Å². The van der Waals surface area contributed by atoms with Gasteiger partial charge in [-0.2, -0.15) is 4.39 Å². The summed E-state index contributed by atoms with van der Waals surface area (Å²) in [4.78, 5) is 13.2. The highest BCUT2D eigenvalue weighted by Crippen LogP contribution is 2.48. The normalized spacial score (nSPS) is 14.4. The number of benzene rings is 3. The van der Waals surface area contributed by atoms with Gasteiger partial charge in [-0.1, -0.05) is 66.7 Å². The van der Waals surface area contributed by atoms with E-state index in [0.29, 0.717) is 11.1 Å². The molecular weight excluding hydrogens is 445 g/mol. The summed E-state index contributed by atoms with van der Waals surface area (Å²) in [6.07, 6.45) is -0.0525. The van der Waals surface area contributed by atoms with E-state index in [0.717, 1.165) is 0 Å². The first-order valence-corrected chi connectivity index (χ1v) is 12.5. The summed E-state index contributed by atoms with van der Waals surface area (Å²) in [7, 11) is -3.69. The molecule has 4 nitrogen and oxygen atoms in total. The summed E-state index contributed by atoms with van der Waals surface area (Å²) in [5.41, 5.74) is 0.405. The Balaban J connectivity index is 1.92. The molecule has 0 aliphatic heterocycles. The van der Waals surface area contributed by atoms with Crippen molar-refractivity contribution in [3.8, 4) is 5.75 Å². The smallest absolute Gasteiger partial charge is 0.376 e. The molecule has 0 bridgehead atoms. The second kappa shape index (κ2) is 9.98. The number of carbonyl (C=O) groups is 1. The van der Waals surface area contributed by atoms with Crippen molar-refractivity contribution in [1.82, 2.24) is 0 Å². The van der Waals surface area contributed by atoms with E-state index < -0.39 is 36.5 Å². The van der Waals surface area contributed by atoms with Crippen molar-refractivity contribution in [3.05, 3.63) is 101 Å². The molecule has 33 heavy (non-hydrogen) atoms. The molecule has 7 heteroatoms. The van der Waals surface area contributed by atoms with E-state index in [-0.39, 0.29) is 17.8 Å². The lowest BCUT2D eigenvalue weighted by atomic mass is 9.85. The van der Waals surface area contributed by atoms with Crippen LogP contribution in [-0.4, -0.2) is 18.0 Å². The van der Waals surface area contributed by atoms with E-state index >= 15 is 4.39 Å². The maximum absolute atomic E-state index is 15.0. The first-order valence-electron chi connectivity index (χ1n) is 10.6. The Bertz CT molecular complexity index is 1160. The number of ketones is 1. The van der Waals surface area contributed by atoms with Crippen LogP contribution in [0, 0.1) is 11.6 Å². The molecule has 0 aliphatic rings. The molecule has 0 radical (unpaired) electrons. The van der Waals surface area contributed by atoms with Crippen LogP contribution in [-0.2, 0) is 15.5 Å². The van der Waals surface area contributed by atoms with Crippen LogP contribution in [0.3, 0.4) is 0 Å². The zero-order valence-corrected chi connectivity index (χ0v) is 19.9. The summed E-state index contributed by atoms with van der Waals surface area (Å²) < 4.78 is 53.0. The number of hydrogen-bond donors (Lipinski definition) is 0. The lowest BCUT2D eigenvalue weighted by Crippen LogP contribution is -2.19. The van der Waals surface area contributed by atoms with Crippen molar-refractivity contribution >= 4 is 13.4 Å². The molecule has 0 saturated carbocycles. The molecule has 0 fully saturated rings. The highest BCUT2D eigenvalue weighted by atomic mass is 31.2. The third-order valence-corrected chi connectivity index (χ3v) is 6.24. The van der Waals surface area contributed by atoms with Gasteiger partial charge in [0.2, 0.25) is 5.82 Å². The molecule has 2 atom stereocenters. The van der Waals surface area contributed by atoms with Crippen LogP contribution in [0.15, 0.2) is 72.8 Å². The SMILES string of the molecule is CC(C)(C)OP(C)(=O)Oc1ccc(CC(C(=O)c2ccccc2)c2ccccc2)c(F)c1F. The quantitative estimate of drug-likeness (QED) is 0.257. The van der Waals surface area contributed by atoms with Crippen molar-refractivity contribution in [2.24, 2.45) is 0 Å². The van der Waals surface area contributed by atoms with E-state index in [9.17, 15) is 13.8 Å². The molecule has 0 amide bonds. The van der Waals surface area contributed by atoms with Gasteiger partial charge >= 0.3 is 7.60 Å². The highest BCUT2D eigenvalue weighted by molar-refractivity contribution is 7.53. The molecule has 2 unspecified atom stereocenters. The predicted octanol–water partition coefficient (Wildman–Crippen LogP) is 7.19. The van der Waals surface area contributed by atoms with Crippen LogP contribution in [0.25, 0.3) is 0 Å². The third kappa shape index (κ3) is 6.59. The first kappa shape index (κ1) is 24.8. The van der Waals surface area contributed by atoms with E-state index in [4.69, 9.17) is 9.05 Å². The molecule has 0 heterocycles. The lowest BCUT2D eigenvalue weighted by molar-refractivity contribution is 0.0958. The van der Waals surface area contributed by atoms with E-state index in [1.165, 1.54) is 18.8 Å². The second-order valence-corrected chi connectivity index (χ2v) is 10.7. The fourth-order valence-corrected chi connectivity index (χ4v) is 5.10. The van der Waals surface area contributed by atoms with E-state index in [1.54, 1.807) is 75.4 Å². The molecule has 0 spiro atoms. The number of rotatable bonds is 8. The standard InChI is InChI=1S/C26H27F2O4P/c1-26(2,3)32-33(4,30)31-22-16-15-20(23(27)24(22)28)17-21(18-11-7-5-8-12-18)25(29)19-13-9-6-10-14-19/h5-16,21H,17H2,1-4H3. The lowest BCUT2D eigenvalue weighted by Gasteiger charge is -2.25. The van der Waals surface area contributed by atoms with E-state index in [2.05, 4.69) is 0 Å². The molecule has 3 aromatic carbocycles. The summed E-state index contributed by atoms with van der Waals surface area (Å²) in [6, 6.07) is 20.2. The number of hydrogen-bond acceptors (Lipinski definition) is 4. The van der Waals surface area contributed by atoms with Gasteiger partial charge in [-0.25, -0.2) is 8.96 Å². The fraction of sp³-hybridized carbons (Fsp3) is 0.269. The van der Waals surface area contributed by atoms with Crippen LogP contribution >= 0.6 is 7.60 Å². The number of carbonyl (C=O) groups excluding carboxylic acids is 1. The van der Waals surface area contributed by atoms with Gasteiger partial charge < -0.3 is 4.52 Å². The molecule has 3 rings (SSSR count). The average molecular weight is 472 g/mol. The van der Waals surface area contributed by atoms with Crippen LogP contribution in [0.1, 0.15) is 48.2 Å². The monoisotopic (exact) mass is 472 g/mol. The summed E-state index contributed by atoms with van der Waals surface area (Å²) >= 11 is 0. The summed E-state index contributed by atoms with van der Waals surface area (Å²) in [6.45, 7) is 6.24. The minimum Gasteiger partial charge on any atom is -0.421 e. The Kier molecular flexibility index (Phi) is 7.51. The Labute approximate surface area is 193 Å². The first-order chi connectivity index (χ1) is 15.5. The van der Waals surface area contributed by atoms with Crippen molar-refractivity contribution < 1.29 is 27.2 Å². The zero-order valence-electron chi connectivity index (χ0n) is 19.0. The van der Waals surface area contributed by atoms with Crippen LogP contribution in [0.2, 0.25) is 0 Å². The van der Waals surface area contributed by atoms with Crippen molar-refractivity contribution in [1.29, 1.82) is 0 Å². The van der Waals surface area contributed by atoms with Gasteiger partial charge in [0.1, 0.15) is 0 Å². The van der Waals surface area contributed by atoms with Gasteiger partial charge in [0.25, 0.3) is 0 Å². The van der Waals surface area contributed by atoms with Gasteiger partial charge in [-0.15, -0.1) is 0 Å². The molecule has 0 aliphatic carbocycles. The minimum absolute atomic E-state index is 0.0145. The van der Waals surface area contributed by atoms with Crippen molar-refractivity contribution in [2.75, 3.05) is 6.66 Å². The van der Waals surface area contributed by atoms with Gasteiger partial charge in [0.05, 0.1) is 11.5 Å². The van der Waals surface area contributed by atoms with Crippen LogP contribution in [0.4, 0.5) is 8.78 Å². The summed E-state index contributed by atoms with van der Waals surface area (Å²) in [5, 5.41) is 0. The number of halogens is 2. The fourth-order valence-electron chi connectivity index (χ4n) is 3.57. The molecule has 0 N–H and O–H groups in total. The molecular formula is C26H27F2O4P. The highest BCUT2D eigenvalue weighted by Gasteiger charge is 2.30. The summed E-state index contributed by atoms with van der Waals surface area (Å²) in [5.74, 6) is -3.83. The second-order valence-electron chi connectivity index (χ2n) is 8.81. The Morgan fingerprint density at radius 2 is 1.48 bits per heavy atom. The van der Waals surface area contributed by atoms with Gasteiger partial charge in [0, 0.05) is 12.2 Å². The maximum Gasteiger partial charge on any atom is 0.376 e. The minimum atomic E-state index is -3.69. The molecule has 0 saturated heterocycles. The van der Waals surface area contributed by atoms with E-state index in [1.807, 2.05) is 6.07 Å². The Hall–Kier alpha value is -2.82. The molecule has 3 aromatic rings. The van der Waals surface area contributed by atoms with Crippen molar-refractivity contribution in [2.45, 2.75) is 38.7 Å². The van der Waals surface area contributed by atoms with Crippen LogP contribution in [0.5, 0.6) is 5.75 Å². The van der Waals surface area contributed by atoms with Crippen LogP contribution < -0.4 is 4.52 Å². The average Bonchev–Trinajstić information content (AvgIpc) is 2.75. The van der Waals surface area contributed by atoms with Gasteiger partial charge in [-0.05, 0) is 44.4 Å². The van der Waals surface area contributed by atoms with Crippen molar-refractivity contribution in [3.63, 3.8) is 0 Å². The third-order valence-electron chi connectivity index (χ3n) is 4.83. The molecule has 0 aromatic heterocycles. The zero-order chi connectivity index (χ0) is 24.2. The Morgan fingerprint density at radius 1 is 0.909 bits per heavy atom. The maximum atomic E-state index is 15.0. The Morgan fingerprint density at radius 3 is 2.06 bits per heavy atom. The number of Topliss-reactive ketones (excluding diaryl/α,β-unsaturated/α-hetero) is 1. The predicted molar refractivity (Wildman–Crippen MR) is 125 cm³/mol. The topological polar surface area (TPSA) is 52.6 Å². The molecule has 174 valence electrons. The van der Waals surface area contributed by atoms with Gasteiger partial charge in [0.15, 0.2) is 17.3 Å².